The maximum Gasteiger partial charge on any atom is 0.490 e. The number of halogens is 3. The van der Waals surface area contributed by atoms with Gasteiger partial charge in [-0.2, -0.15) is 13.2 Å². The minimum absolute atomic E-state index is 0.234. The minimum Gasteiger partial charge on any atom is -0.497 e. The third-order valence-corrected chi connectivity index (χ3v) is 7.16. The Bertz CT molecular complexity index is 1330. The van der Waals surface area contributed by atoms with Gasteiger partial charge in [-0.1, -0.05) is 18.2 Å². The second kappa shape index (κ2) is 12.1. The van der Waals surface area contributed by atoms with Crippen molar-refractivity contribution in [3.05, 3.63) is 59.8 Å². The molecule has 9 nitrogen and oxygen atoms in total. The lowest BCUT2D eigenvalue weighted by Gasteiger charge is -2.44. The summed E-state index contributed by atoms with van der Waals surface area (Å²) in [7, 11) is 1.69. The van der Waals surface area contributed by atoms with E-state index < -0.39 is 17.7 Å². The number of benzene rings is 2. The summed E-state index contributed by atoms with van der Waals surface area (Å²) in [6, 6.07) is 16.0. The molecule has 1 aromatic heterocycles. The number of fused-ring (bicyclic) bond motifs is 4. The van der Waals surface area contributed by atoms with Gasteiger partial charge in [0.1, 0.15) is 23.6 Å². The maximum absolute atomic E-state index is 13.0. The molecule has 0 bridgehead atoms. The largest absolute Gasteiger partial charge is 0.497 e. The summed E-state index contributed by atoms with van der Waals surface area (Å²) in [5, 5.41) is 8.30. The van der Waals surface area contributed by atoms with Crippen molar-refractivity contribution in [3.8, 4) is 11.5 Å². The normalized spacial score (nSPS) is 18.7. The quantitative estimate of drug-likeness (QED) is 0.444. The summed E-state index contributed by atoms with van der Waals surface area (Å²) in [5.74, 6) is -1.03. The first-order valence-corrected chi connectivity index (χ1v) is 12.9. The molecular formula is C28H32F3N3O6. The third-order valence-electron chi connectivity index (χ3n) is 7.16. The van der Waals surface area contributed by atoms with Gasteiger partial charge in [0.15, 0.2) is 0 Å². The smallest absolute Gasteiger partial charge is 0.490 e. The summed E-state index contributed by atoms with van der Waals surface area (Å²) in [6.07, 6.45) is -3.67. The zero-order chi connectivity index (χ0) is 28.9. The number of carboxylic acids is 1. The van der Waals surface area contributed by atoms with Crippen LogP contribution < -0.4 is 9.47 Å². The first-order chi connectivity index (χ1) is 19.1. The van der Waals surface area contributed by atoms with Gasteiger partial charge in [0, 0.05) is 42.8 Å². The molecule has 1 fully saturated rings. The highest BCUT2D eigenvalue weighted by atomic mass is 19.4. The number of aliphatic carboxylic acids is 1. The molecule has 1 spiro atoms. The number of nitrogens with one attached hydrogen (secondary N) is 1. The molecule has 216 valence electrons. The molecule has 2 N–H and O–H groups in total. The van der Waals surface area contributed by atoms with Crippen molar-refractivity contribution in [2.45, 2.75) is 31.5 Å². The Labute approximate surface area is 229 Å². The second-order valence-electron chi connectivity index (χ2n) is 9.51. The van der Waals surface area contributed by atoms with Gasteiger partial charge in [-0.3, -0.25) is 9.80 Å². The Morgan fingerprint density at radius 3 is 2.48 bits per heavy atom. The van der Waals surface area contributed by atoms with Gasteiger partial charge < -0.3 is 24.3 Å². The first kappa shape index (κ1) is 29.1. The molecule has 40 heavy (non-hydrogen) atoms. The lowest BCUT2D eigenvalue weighted by atomic mass is 9.84. The number of likely N-dealkylation sites (tertiary alicyclic amines) is 1. The van der Waals surface area contributed by atoms with Crippen molar-refractivity contribution < 1.29 is 42.1 Å². The van der Waals surface area contributed by atoms with Gasteiger partial charge in [0.05, 0.1) is 13.7 Å². The molecule has 1 amide bonds. The molecule has 0 radical (unpaired) electrons. The summed E-state index contributed by atoms with van der Waals surface area (Å²) < 4.78 is 48.6. The standard InChI is InChI=1S/C26H31N3O4.C2HF3O2/c1-3-32-25(30)29-13-11-21-22-17-20(31-2)9-10-23(22)27-24(21)26(29)12-14-28(18-26)15-16-33-19-7-5-4-6-8-19;3-2(4,5)1(6)7/h4-10,17,27H,3,11-16,18H2,1-2H3;(H,6,7). The highest BCUT2D eigenvalue weighted by Gasteiger charge is 2.51. The molecular weight excluding hydrogens is 531 g/mol. The number of hydrogen-bond donors (Lipinski definition) is 2. The number of para-hydroxylation sites is 1. The molecule has 1 unspecified atom stereocenters. The number of rotatable bonds is 6. The van der Waals surface area contributed by atoms with Crippen LogP contribution in [0.1, 0.15) is 24.6 Å². The number of hydrogen-bond acceptors (Lipinski definition) is 6. The molecule has 5 rings (SSSR count). The third kappa shape index (κ3) is 6.11. The van der Waals surface area contributed by atoms with Crippen LogP contribution in [0.5, 0.6) is 11.5 Å². The zero-order valence-electron chi connectivity index (χ0n) is 22.3. The molecule has 0 saturated carbocycles. The van der Waals surface area contributed by atoms with E-state index in [2.05, 4.69) is 22.0 Å². The fourth-order valence-electron chi connectivity index (χ4n) is 5.35. The highest BCUT2D eigenvalue weighted by molar-refractivity contribution is 5.87. The van der Waals surface area contributed by atoms with Crippen LogP contribution in [0.2, 0.25) is 0 Å². The van der Waals surface area contributed by atoms with E-state index in [9.17, 15) is 18.0 Å². The molecule has 2 aliphatic rings. The molecule has 0 aliphatic carbocycles. The molecule has 1 atom stereocenters. The highest BCUT2D eigenvalue weighted by Crippen LogP contribution is 2.45. The number of aromatic nitrogens is 1. The van der Waals surface area contributed by atoms with Gasteiger partial charge in [-0.05, 0) is 55.7 Å². The van der Waals surface area contributed by atoms with Gasteiger partial charge >= 0.3 is 18.2 Å². The lowest BCUT2D eigenvalue weighted by Crippen LogP contribution is -2.55. The van der Waals surface area contributed by atoms with Crippen LogP contribution in [-0.2, 0) is 21.5 Å². The number of carbonyl (C=O) groups is 2. The fourth-order valence-corrected chi connectivity index (χ4v) is 5.35. The molecule has 3 heterocycles. The lowest BCUT2D eigenvalue weighted by molar-refractivity contribution is -0.192. The first-order valence-electron chi connectivity index (χ1n) is 12.9. The van der Waals surface area contributed by atoms with Crippen molar-refractivity contribution in [2.24, 2.45) is 0 Å². The van der Waals surface area contributed by atoms with E-state index in [0.29, 0.717) is 19.8 Å². The van der Waals surface area contributed by atoms with Gasteiger partial charge in [0.25, 0.3) is 0 Å². The van der Waals surface area contributed by atoms with E-state index >= 15 is 0 Å². The van der Waals surface area contributed by atoms with E-state index in [-0.39, 0.29) is 6.09 Å². The number of ether oxygens (including phenoxy) is 3. The summed E-state index contributed by atoms with van der Waals surface area (Å²) in [5.41, 5.74) is 3.07. The summed E-state index contributed by atoms with van der Waals surface area (Å²) in [4.78, 5) is 29.9. The van der Waals surface area contributed by atoms with E-state index in [0.717, 1.165) is 55.2 Å². The van der Waals surface area contributed by atoms with E-state index in [1.807, 2.05) is 48.2 Å². The Balaban J connectivity index is 0.000000470. The maximum atomic E-state index is 13.0. The number of carbonyl (C=O) groups excluding carboxylic acids is 1. The SMILES string of the molecule is CCOC(=O)N1CCc2c([nH]c3ccc(OC)cc23)C12CCN(CCOc1ccccc1)C2.O=C(O)C(F)(F)F. The number of nitrogens with zero attached hydrogens (tertiary/aromatic N) is 2. The number of methoxy groups -OCH3 is 1. The molecule has 3 aromatic rings. The van der Waals surface area contributed by atoms with Crippen molar-refractivity contribution in [1.29, 1.82) is 0 Å². The fraction of sp³-hybridized carbons (Fsp3) is 0.429. The van der Waals surface area contributed by atoms with E-state index in [1.165, 1.54) is 10.9 Å². The van der Waals surface area contributed by atoms with Crippen molar-refractivity contribution in [1.82, 2.24) is 14.8 Å². The Hall–Kier alpha value is -3.93. The number of H-pyrrole nitrogens is 1. The predicted molar refractivity (Wildman–Crippen MR) is 141 cm³/mol. The van der Waals surface area contributed by atoms with Gasteiger partial charge in [-0.15, -0.1) is 0 Å². The minimum atomic E-state index is -5.08. The number of carboxylic acid groups (broad SMARTS) is 1. The van der Waals surface area contributed by atoms with E-state index in [4.69, 9.17) is 24.1 Å². The predicted octanol–water partition coefficient (Wildman–Crippen LogP) is 4.80. The van der Waals surface area contributed by atoms with Crippen molar-refractivity contribution >= 4 is 23.0 Å². The zero-order valence-corrected chi connectivity index (χ0v) is 22.3. The topological polar surface area (TPSA) is 104 Å². The van der Waals surface area contributed by atoms with Crippen LogP contribution >= 0.6 is 0 Å². The number of alkyl halides is 3. The van der Waals surface area contributed by atoms with Crippen LogP contribution in [0.3, 0.4) is 0 Å². The summed E-state index contributed by atoms with van der Waals surface area (Å²) >= 11 is 0. The van der Waals surface area contributed by atoms with Crippen molar-refractivity contribution in [2.75, 3.05) is 46.5 Å². The molecule has 1 saturated heterocycles. The van der Waals surface area contributed by atoms with Crippen LogP contribution in [0.15, 0.2) is 48.5 Å². The Morgan fingerprint density at radius 2 is 1.82 bits per heavy atom. The average molecular weight is 564 g/mol. The Morgan fingerprint density at radius 1 is 1.10 bits per heavy atom. The molecule has 12 heteroatoms. The Kier molecular flexibility index (Phi) is 8.77. The van der Waals surface area contributed by atoms with Crippen LogP contribution in [0.4, 0.5) is 18.0 Å². The van der Waals surface area contributed by atoms with Crippen molar-refractivity contribution in [3.63, 3.8) is 0 Å². The van der Waals surface area contributed by atoms with Gasteiger partial charge in [-0.25, -0.2) is 9.59 Å². The van der Waals surface area contributed by atoms with Crippen LogP contribution in [-0.4, -0.2) is 84.6 Å². The molecule has 2 aliphatic heterocycles. The average Bonchev–Trinajstić information content (AvgIpc) is 3.52. The number of amides is 1. The second-order valence-corrected chi connectivity index (χ2v) is 9.51. The van der Waals surface area contributed by atoms with E-state index in [1.54, 1.807) is 7.11 Å². The van der Waals surface area contributed by atoms with Gasteiger partial charge in [0.2, 0.25) is 0 Å². The monoisotopic (exact) mass is 563 g/mol. The van der Waals surface area contributed by atoms with Crippen LogP contribution in [0, 0.1) is 0 Å². The molecule has 2 aromatic carbocycles. The summed E-state index contributed by atoms with van der Waals surface area (Å²) in [6.45, 7) is 5.93. The number of aromatic amines is 1. The van der Waals surface area contributed by atoms with Crippen LogP contribution in [0.25, 0.3) is 10.9 Å².